The van der Waals surface area contributed by atoms with E-state index in [1.807, 2.05) is 0 Å². The third-order valence-electron chi connectivity index (χ3n) is 4.88. The van der Waals surface area contributed by atoms with Gasteiger partial charge >= 0.3 is 7.25 Å². The lowest BCUT2D eigenvalue weighted by Gasteiger charge is -2.20. The van der Waals surface area contributed by atoms with Gasteiger partial charge in [-0.1, -0.05) is 24.3 Å². The molecule has 0 amide bonds. The van der Waals surface area contributed by atoms with Gasteiger partial charge in [0.2, 0.25) is 5.36 Å². The molecule has 28 heavy (non-hydrogen) atoms. The SMILES string of the molecule is CC[N+](CC)=c1ccc2cc3c(oc-2c1)-c1ccccc1CC3.F[B-](F)(F)F. The van der Waals surface area contributed by atoms with Crippen molar-refractivity contribution in [2.75, 3.05) is 13.1 Å². The maximum Gasteiger partial charge on any atom is 0.673 e. The summed E-state index contributed by atoms with van der Waals surface area (Å²) >= 11 is 0. The summed E-state index contributed by atoms with van der Waals surface area (Å²) in [5, 5.41) is 1.23. The molecule has 2 aliphatic carbocycles. The molecular weight excluding hydrogens is 369 g/mol. The number of nitrogens with zero attached hydrogens (tertiary/aromatic N) is 1. The molecule has 148 valence electrons. The fourth-order valence-corrected chi connectivity index (χ4v) is 3.59. The zero-order valence-corrected chi connectivity index (χ0v) is 15.9. The predicted molar refractivity (Wildman–Crippen MR) is 105 cm³/mol. The van der Waals surface area contributed by atoms with Crippen LogP contribution in [-0.2, 0) is 12.8 Å². The maximum atomic E-state index is 9.75. The molecule has 3 aliphatic rings. The Morgan fingerprint density at radius 3 is 2.21 bits per heavy atom. The average molecular weight is 391 g/mol. The highest BCUT2D eigenvalue weighted by Gasteiger charge is 2.21. The first-order valence-corrected chi connectivity index (χ1v) is 9.40. The molecule has 1 aromatic rings. The Balaban J connectivity index is 0.000000403. The lowest BCUT2D eigenvalue weighted by Crippen LogP contribution is -2.29. The van der Waals surface area contributed by atoms with E-state index < -0.39 is 7.25 Å². The van der Waals surface area contributed by atoms with Crippen molar-refractivity contribution in [3.05, 3.63) is 65.0 Å². The molecule has 0 bridgehead atoms. The maximum absolute atomic E-state index is 9.75. The molecule has 0 radical (unpaired) electrons. The van der Waals surface area contributed by atoms with Gasteiger partial charge in [0.15, 0.2) is 0 Å². The van der Waals surface area contributed by atoms with Crippen LogP contribution in [0.15, 0.2) is 52.9 Å². The largest absolute Gasteiger partial charge is 0.673 e. The van der Waals surface area contributed by atoms with E-state index in [2.05, 4.69) is 67.0 Å². The minimum absolute atomic E-state index is 0.977. The summed E-state index contributed by atoms with van der Waals surface area (Å²) in [5.74, 6) is 2.03. The minimum Gasteiger partial charge on any atom is -0.456 e. The van der Waals surface area contributed by atoms with E-state index in [1.54, 1.807) is 0 Å². The summed E-state index contributed by atoms with van der Waals surface area (Å²) in [7, 11) is -6.00. The number of aryl methyl sites for hydroxylation is 2. The smallest absolute Gasteiger partial charge is 0.456 e. The fourth-order valence-electron chi connectivity index (χ4n) is 3.59. The fraction of sp³-hybridized carbons (Fsp3) is 0.286. The van der Waals surface area contributed by atoms with Crippen molar-refractivity contribution >= 4 is 7.25 Å². The first kappa shape index (κ1) is 20.2. The Kier molecular flexibility index (Phi) is 5.91. The first-order chi connectivity index (χ1) is 13.3. The van der Waals surface area contributed by atoms with Crippen molar-refractivity contribution in [1.29, 1.82) is 0 Å². The van der Waals surface area contributed by atoms with Crippen molar-refractivity contribution in [3.63, 3.8) is 0 Å². The van der Waals surface area contributed by atoms with Gasteiger partial charge in [-0.15, -0.1) is 0 Å². The highest BCUT2D eigenvalue weighted by Crippen LogP contribution is 2.37. The molecule has 0 N–H and O–H groups in total. The molecule has 7 heteroatoms. The van der Waals surface area contributed by atoms with Crippen LogP contribution in [0.2, 0.25) is 0 Å². The van der Waals surface area contributed by atoms with Crippen LogP contribution < -0.4 is 9.93 Å². The zero-order chi connectivity index (χ0) is 20.3. The van der Waals surface area contributed by atoms with Gasteiger partial charge in [0, 0.05) is 17.2 Å². The summed E-state index contributed by atoms with van der Waals surface area (Å²) in [6.07, 6.45) is 2.16. The Hall–Kier alpha value is -2.57. The van der Waals surface area contributed by atoms with Crippen LogP contribution in [0.1, 0.15) is 25.0 Å². The minimum atomic E-state index is -6.00. The van der Waals surface area contributed by atoms with Gasteiger partial charge < -0.3 is 21.7 Å². The van der Waals surface area contributed by atoms with E-state index in [-0.39, 0.29) is 0 Å². The molecule has 0 atom stereocenters. The van der Waals surface area contributed by atoms with Crippen LogP contribution in [0.25, 0.3) is 22.6 Å². The van der Waals surface area contributed by atoms with Gasteiger partial charge in [-0.05, 0) is 49.9 Å². The Labute approximate surface area is 161 Å². The molecule has 1 aromatic carbocycles. The summed E-state index contributed by atoms with van der Waals surface area (Å²) in [4.78, 5) is 0. The molecule has 0 unspecified atom stereocenters. The van der Waals surface area contributed by atoms with E-state index in [1.165, 1.54) is 27.6 Å². The molecule has 1 aliphatic heterocycles. The van der Waals surface area contributed by atoms with Gasteiger partial charge in [-0.2, -0.15) is 0 Å². The van der Waals surface area contributed by atoms with Crippen molar-refractivity contribution in [2.45, 2.75) is 26.7 Å². The zero-order valence-electron chi connectivity index (χ0n) is 15.9. The topological polar surface area (TPSA) is 16.1 Å². The molecule has 0 saturated carbocycles. The second-order valence-electron chi connectivity index (χ2n) is 6.65. The number of hydrogen-bond donors (Lipinski definition) is 0. The number of halogens is 4. The monoisotopic (exact) mass is 391 g/mol. The molecule has 0 spiro atoms. The third-order valence-corrected chi connectivity index (χ3v) is 4.88. The summed E-state index contributed by atoms with van der Waals surface area (Å²) in [5.41, 5.74) is 5.16. The van der Waals surface area contributed by atoms with Crippen molar-refractivity contribution < 1.29 is 21.7 Å². The van der Waals surface area contributed by atoms with Crippen LogP contribution >= 0.6 is 0 Å². The van der Waals surface area contributed by atoms with Gasteiger partial charge in [-0.3, -0.25) is 0 Å². The second-order valence-corrected chi connectivity index (χ2v) is 6.65. The summed E-state index contributed by atoms with van der Waals surface area (Å²) in [6, 6.07) is 17.5. The van der Waals surface area contributed by atoms with Gasteiger partial charge in [0.25, 0.3) is 0 Å². The van der Waals surface area contributed by atoms with Gasteiger partial charge in [0.1, 0.15) is 24.6 Å². The highest BCUT2D eigenvalue weighted by atomic mass is 19.5. The van der Waals surface area contributed by atoms with E-state index in [9.17, 15) is 17.3 Å². The number of fused-ring (bicyclic) bond motifs is 4. The average Bonchev–Trinajstić information content (AvgIpc) is 2.66. The number of benzene rings is 2. The lowest BCUT2D eigenvalue weighted by molar-refractivity contribution is 0.368. The van der Waals surface area contributed by atoms with Crippen LogP contribution in [-0.4, -0.2) is 20.3 Å². The quantitative estimate of drug-likeness (QED) is 0.331. The van der Waals surface area contributed by atoms with Gasteiger partial charge in [-0.25, -0.2) is 4.58 Å². The van der Waals surface area contributed by atoms with Crippen molar-refractivity contribution in [2.24, 2.45) is 0 Å². The normalized spacial score (nSPS) is 12.6. The predicted octanol–water partition coefficient (Wildman–Crippen LogP) is 5.26. The summed E-state index contributed by atoms with van der Waals surface area (Å²) in [6.45, 7) is 6.40. The van der Waals surface area contributed by atoms with E-state index in [0.29, 0.717) is 0 Å². The highest BCUT2D eigenvalue weighted by molar-refractivity contribution is 6.50. The van der Waals surface area contributed by atoms with Crippen molar-refractivity contribution in [3.8, 4) is 22.6 Å². The van der Waals surface area contributed by atoms with Crippen molar-refractivity contribution in [1.82, 2.24) is 4.58 Å². The summed E-state index contributed by atoms with van der Waals surface area (Å²) < 4.78 is 47.7. The van der Waals surface area contributed by atoms with Crippen LogP contribution in [0.5, 0.6) is 0 Å². The Morgan fingerprint density at radius 2 is 1.54 bits per heavy atom. The Bertz CT molecular complexity index is 998. The third kappa shape index (κ3) is 4.64. The Morgan fingerprint density at radius 1 is 0.893 bits per heavy atom. The van der Waals surface area contributed by atoms with Crippen LogP contribution in [0.3, 0.4) is 0 Å². The molecule has 0 saturated heterocycles. The molecule has 0 fully saturated rings. The standard InChI is InChI=1S/C21H22NO.BF4/c1-3-22(4-2)18-12-11-16-13-17-10-9-15-7-5-6-8-19(15)21(17)23-20(16)14-18;2-1(3,4)5/h5-8,11-14H,3-4,9-10H2,1-2H3;/q+1;-1. The first-order valence-electron chi connectivity index (χ1n) is 9.40. The molecule has 4 rings (SSSR count). The van der Waals surface area contributed by atoms with E-state index in [0.717, 1.165) is 37.5 Å². The van der Waals surface area contributed by atoms with Crippen LogP contribution in [0.4, 0.5) is 17.3 Å². The molecule has 1 heterocycles. The van der Waals surface area contributed by atoms with E-state index in [4.69, 9.17) is 4.42 Å². The van der Waals surface area contributed by atoms with Crippen LogP contribution in [0, 0.1) is 0 Å². The molecular formula is C21H22BF4NO. The number of hydrogen-bond acceptors (Lipinski definition) is 1. The number of rotatable bonds is 2. The van der Waals surface area contributed by atoms with Gasteiger partial charge in [0.05, 0.1) is 6.07 Å². The second kappa shape index (κ2) is 8.21. The molecule has 0 aromatic heterocycles. The lowest BCUT2D eigenvalue weighted by atomic mass is 9.89. The van der Waals surface area contributed by atoms with E-state index >= 15 is 0 Å². The molecule has 2 nitrogen and oxygen atoms in total.